The summed E-state index contributed by atoms with van der Waals surface area (Å²) in [6.45, 7) is 0. The molecule has 1 heterocycles. The van der Waals surface area contributed by atoms with Gasteiger partial charge in [-0.15, -0.1) is 0 Å². The summed E-state index contributed by atoms with van der Waals surface area (Å²) < 4.78 is 2.90. The van der Waals surface area contributed by atoms with Crippen LogP contribution in [-0.2, 0) is 13.5 Å². The lowest BCUT2D eigenvalue weighted by atomic mass is 10.1. The van der Waals surface area contributed by atoms with E-state index in [0.29, 0.717) is 6.42 Å². The molecular formula is C12H13IN2O. The average molecular weight is 328 g/mol. The van der Waals surface area contributed by atoms with Gasteiger partial charge >= 0.3 is 0 Å². The van der Waals surface area contributed by atoms with Gasteiger partial charge in [0.2, 0.25) is 0 Å². The number of aromatic nitrogens is 2. The highest BCUT2D eigenvalue weighted by Crippen LogP contribution is 2.17. The van der Waals surface area contributed by atoms with E-state index in [4.69, 9.17) is 0 Å². The predicted octanol–water partition coefficient (Wildman–Crippen LogP) is 2.30. The van der Waals surface area contributed by atoms with Crippen LogP contribution in [0.25, 0.3) is 0 Å². The molecule has 0 bridgehead atoms. The van der Waals surface area contributed by atoms with Gasteiger partial charge in [0, 0.05) is 23.2 Å². The molecule has 2 rings (SSSR count). The smallest absolute Gasteiger partial charge is 0.102 e. The number of hydrogen-bond acceptors (Lipinski definition) is 2. The first-order valence-electron chi connectivity index (χ1n) is 5.07. The van der Waals surface area contributed by atoms with Crippen LogP contribution >= 0.6 is 22.6 Å². The predicted molar refractivity (Wildman–Crippen MR) is 71.0 cm³/mol. The quantitative estimate of drug-likeness (QED) is 0.878. The third-order valence-electron chi connectivity index (χ3n) is 2.42. The van der Waals surface area contributed by atoms with Gasteiger partial charge in [0.05, 0.1) is 5.69 Å². The maximum atomic E-state index is 9.98. The average Bonchev–Trinajstić information content (AvgIpc) is 2.68. The number of rotatable bonds is 3. The number of halogens is 1. The van der Waals surface area contributed by atoms with Crippen LogP contribution in [0.5, 0.6) is 0 Å². The van der Waals surface area contributed by atoms with E-state index in [9.17, 15) is 5.11 Å². The summed E-state index contributed by atoms with van der Waals surface area (Å²) in [5.74, 6) is 0. The third-order valence-corrected chi connectivity index (χ3v) is 3.14. The summed E-state index contributed by atoms with van der Waals surface area (Å²) in [5.41, 5.74) is 1.85. The Hall–Kier alpha value is -0.880. The molecule has 4 heteroatoms. The molecule has 0 aliphatic heterocycles. The lowest BCUT2D eigenvalue weighted by Gasteiger charge is -2.07. The third kappa shape index (κ3) is 2.82. The first-order valence-corrected chi connectivity index (χ1v) is 6.15. The standard InChI is InChI=1S/C12H13IN2O/c1-15-7-6-11(14-15)12(16)8-9-2-4-10(13)5-3-9/h2-7,12,16H,8H2,1H3. The molecule has 1 aromatic heterocycles. The van der Waals surface area contributed by atoms with E-state index >= 15 is 0 Å². The topological polar surface area (TPSA) is 38.0 Å². The van der Waals surface area contributed by atoms with Gasteiger partial charge in [0.25, 0.3) is 0 Å². The highest BCUT2D eigenvalue weighted by Gasteiger charge is 2.10. The molecule has 1 N–H and O–H groups in total. The van der Waals surface area contributed by atoms with Crippen LogP contribution in [-0.4, -0.2) is 14.9 Å². The van der Waals surface area contributed by atoms with Gasteiger partial charge in [-0.1, -0.05) is 12.1 Å². The molecule has 0 fully saturated rings. The fourth-order valence-corrected chi connectivity index (χ4v) is 1.92. The summed E-state index contributed by atoms with van der Waals surface area (Å²) in [4.78, 5) is 0. The van der Waals surface area contributed by atoms with Gasteiger partial charge in [-0.05, 0) is 46.4 Å². The van der Waals surface area contributed by atoms with Gasteiger partial charge in [0.1, 0.15) is 6.10 Å². The lowest BCUT2D eigenvalue weighted by molar-refractivity contribution is 0.173. The van der Waals surface area contributed by atoms with E-state index in [2.05, 4.69) is 27.7 Å². The molecule has 1 atom stereocenters. The van der Waals surface area contributed by atoms with Crippen molar-refractivity contribution < 1.29 is 5.11 Å². The van der Waals surface area contributed by atoms with Gasteiger partial charge in [-0.2, -0.15) is 5.10 Å². The second kappa shape index (κ2) is 4.97. The van der Waals surface area contributed by atoms with Gasteiger partial charge in [-0.25, -0.2) is 0 Å². The zero-order valence-corrected chi connectivity index (χ0v) is 11.1. The Morgan fingerprint density at radius 2 is 2.00 bits per heavy atom. The SMILES string of the molecule is Cn1ccc(C(O)Cc2ccc(I)cc2)n1. The van der Waals surface area contributed by atoms with Crippen molar-refractivity contribution >= 4 is 22.6 Å². The largest absolute Gasteiger partial charge is 0.386 e. The molecule has 0 aliphatic rings. The van der Waals surface area contributed by atoms with E-state index in [0.717, 1.165) is 11.3 Å². The van der Waals surface area contributed by atoms with E-state index in [1.165, 1.54) is 3.57 Å². The van der Waals surface area contributed by atoms with Gasteiger partial charge in [0.15, 0.2) is 0 Å². The summed E-state index contributed by atoms with van der Waals surface area (Å²) >= 11 is 2.27. The molecule has 0 saturated heterocycles. The van der Waals surface area contributed by atoms with Crippen molar-refractivity contribution in [2.75, 3.05) is 0 Å². The Labute approximate surface area is 108 Å². The Balaban J connectivity index is 2.07. The van der Waals surface area contributed by atoms with Crippen molar-refractivity contribution in [2.24, 2.45) is 7.05 Å². The first-order chi connectivity index (χ1) is 7.65. The normalized spacial score (nSPS) is 12.7. The second-order valence-electron chi connectivity index (χ2n) is 3.76. The number of aryl methyl sites for hydroxylation is 1. The summed E-state index contributed by atoms with van der Waals surface area (Å²) in [6.07, 6.45) is 1.92. The Bertz CT molecular complexity index is 464. The van der Waals surface area contributed by atoms with Gasteiger partial charge in [-0.3, -0.25) is 4.68 Å². The molecule has 1 aromatic carbocycles. The number of benzene rings is 1. The van der Waals surface area contributed by atoms with E-state index in [1.54, 1.807) is 4.68 Å². The monoisotopic (exact) mass is 328 g/mol. The zero-order valence-electron chi connectivity index (χ0n) is 8.97. The second-order valence-corrected chi connectivity index (χ2v) is 5.01. The molecule has 0 spiro atoms. The number of aliphatic hydroxyl groups excluding tert-OH is 1. The Kier molecular flexibility index (Phi) is 3.60. The minimum atomic E-state index is -0.527. The Morgan fingerprint density at radius 3 is 2.56 bits per heavy atom. The van der Waals surface area contributed by atoms with Crippen LogP contribution in [0.15, 0.2) is 36.5 Å². The minimum absolute atomic E-state index is 0.527. The molecular weight excluding hydrogens is 315 g/mol. The molecule has 0 aliphatic carbocycles. The van der Waals surface area contributed by atoms with Crippen molar-refractivity contribution in [1.82, 2.24) is 9.78 Å². The van der Waals surface area contributed by atoms with Crippen LogP contribution in [0.3, 0.4) is 0 Å². The summed E-state index contributed by atoms with van der Waals surface area (Å²) in [7, 11) is 1.85. The number of hydrogen-bond donors (Lipinski definition) is 1. The van der Waals surface area contributed by atoms with Crippen molar-refractivity contribution in [3.63, 3.8) is 0 Å². The van der Waals surface area contributed by atoms with Crippen LogP contribution in [0, 0.1) is 3.57 Å². The molecule has 0 saturated carbocycles. The molecule has 3 nitrogen and oxygen atoms in total. The molecule has 2 aromatic rings. The Morgan fingerprint density at radius 1 is 1.31 bits per heavy atom. The van der Waals surface area contributed by atoms with Crippen molar-refractivity contribution in [2.45, 2.75) is 12.5 Å². The van der Waals surface area contributed by atoms with E-state index in [1.807, 2.05) is 43.6 Å². The van der Waals surface area contributed by atoms with Crippen molar-refractivity contribution in [1.29, 1.82) is 0 Å². The lowest BCUT2D eigenvalue weighted by Crippen LogP contribution is -2.03. The maximum absolute atomic E-state index is 9.98. The highest BCUT2D eigenvalue weighted by molar-refractivity contribution is 14.1. The van der Waals surface area contributed by atoms with Crippen LogP contribution in [0.4, 0.5) is 0 Å². The van der Waals surface area contributed by atoms with E-state index in [-0.39, 0.29) is 0 Å². The highest BCUT2D eigenvalue weighted by atomic mass is 127. The zero-order chi connectivity index (χ0) is 11.5. The first kappa shape index (κ1) is 11.6. The van der Waals surface area contributed by atoms with Crippen molar-refractivity contribution in [3.05, 3.63) is 51.4 Å². The van der Waals surface area contributed by atoms with E-state index < -0.39 is 6.10 Å². The molecule has 84 valence electrons. The fraction of sp³-hybridized carbons (Fsp3) is 0.250. The summed E-state index contributed by atoms with van der Waals surface area (Å²) in [5, 5.41) is 14.2. The van der Waals surface area contributed by atoms with Crippen LogP contribution in [0.1, 0.15) is 17.4 Å². The molecule has 1 unspecified atom stereocenters. The number of nitrogens with zero attached hydrogens (tertiary/aromatic N) is 2. The van der Waals surface area contributed by atoms with Gasteiger partial charge < -0.3 is 5.11 Å². The maximum Gasteiger partial charge on any atom is 0.102 e. The molecule has 0 radical (unpaired) electrons. The van der Waals surface area contributed by atoms with Crippen LogP contribution in [0.2, 0.25) is 0 Å². The van der Waals surface area contributed by atoms with Crippen molar-refractivity contribution in [3.8, 4) is 0 Å². The molecule has 0 amide bonds. The minimum Gasteiger partial charge on any atom is -0.386 e. The summed E-state index contributed by atoms with van der Waals surface area (Å²) in [6, 6.07) is 10.0. The van der Waals surface area contributed by atoms with Crippen LogP contribution < -0.4 is 0 Å². The number of aliphatic hydroxyl groups is 1. The fourth-order valence-electron chi connectivity index (χ4n) is 1.56. The molecule has 16 heavy (non-hydrogen) atoms.